The monoisotopic (exact) mass is 427 g/mol. The van der Waals surface area contributed by atoms with Gasteiger partial charge in [-0.25, -0.2) is 4.98 Å². The SMILES string of the molecule is Cc1ccc(Sc2ncccc2C(=O)CCCCCCCCCNCCCN)cc1. The molecule has 2 rings (SSSR count). The summed E-state index contributed by atoms with van der Waals surface area (Å²) in [6.45, 7) is 4.98. The van der Waals surface area contributed by atoms with E-state index in [1.807, 2.05) is 12.1 Å². The van der Waals surface area contributed by atoms with Crippen LogP contribution in [-0.4, -0.2) is 30.4 Å². The Kier molecular flexibility index (Phi) is 12.4. The Balaban J connectivity index is 1.62. The number of benzene rings is 1. The quantitative estimate of drug-likeness (QED) is 0.262. The Morgan fingerprint density at radius 1 is 0.933 bits per heavy atom. The zero-order valence-electron chi connectivity index (χ0n) is 18.4. The van der Waals surface area contributed by atoms with Crippen molar-refractivity contribution in [1.82, 2.24) is 10.3 Å². The molecule has 0 unspecified atom stereocenters. The second-order valence-corrected chi connectivity index (χ2v) is 8.87. The molecule has 0 saturated carbocycles. The van der Waals surface area contributed by atoms with Crippen molar-refractivity contribution in [2.75, 3.05) is 19.6 Å². The van der Waals surface area contributed by atoms with Gasteiger partial charge in [0, 0.05) is 17.5 Å². The highest BCUT2D eigenvalue weighted by Crippen LogP contribution is 2.29. The van der Waals surface area contributed by atoms with Crippen LogP contribution in [0.25, 0.3) is 0 Å². The Hall–Kier alpha value is -1.69. The zero-order valence-corrected chi connectivity index (χ0v) is 19.2. The maximum atomic E-state index is 12.7. The molecule has 0 amide bonds. The van der Waals surface area contributed by atoms with Crippen LogP contribution < -0.4 is 11.1 Å². The third-order valence-corrected chi connectivity index (χ3v) is 6.15. The van der Waals surface area contributed by atoms with Gasteiger partial charge in [0.1, 0.15) is 5.03 Å². The number of hydrogen-bond donors (Lipinski definition) is 2. The van der Waals surface area contributed by atoms with Gasteiger partial charge in [-0.05, 0) is 70.1 Å². The van der Waals surface area contributed by atoms with E-state index in [1.54, 1.807) is 18.0 Å². The molecular weight excluding hydrogens is 390 g/mol. The van der Waals surface area contributed by atoms with Crippen LogP contribution in [0.4, 0.5) is 0 Å². The smallest absolute Gasteiger partial charge is 0.165 e. The molecule has 0 saturated heterocycles. The molecule has 164 valence electrons. The van der Waals surface area contributed by atoms with Crippen LogP contribution in [0.5, 0.6) is 0 Å². The van der Waals surface area contributed by atoms with Gasteiger partial charge in [0.15, 0.2) is 5.78 Å². The van der Waals surface area contributed by atoms with Crippen LogP contribution in [0.15, 0.2) is 52.5 Å². The summed E-state index contributed by atoms with van der Waals surface area (Å²) in [5.74, 6) is 0.210. The summed E-state index contributed by atoms with van der Waals surface area (Å²) in [5, 5.41) is 4.23. The number of pyridine rings is 1. The first kappa shape index (κ1) is 24.6. The molecule has 0 bridgehead atoms. The van der Waals surface area contributed by atoms with E-state index in [0.717, 1.165) is 54.4 Å². The van der Waals surface area contributed by atoms with Crippen molar-refractivity contribution >= 4 is 17.5 Å². The summed E-state index contributed by atoms with van der Waals surface area (Å²) >= 11 is 1.57. The standard InChI is InChI=1S/C25H37N3OS/c1-21-13-15-22(16-14-21)30-25-23(11-9-20-28-25)24(29)12-7-5-3-2-4-6-8-18-27-19-10-17-26/h9,11,13-16,20,27H,2-8,10,12,17-19,26H2,1H3. The molecule has 2 aromatic rings. The number of aromatic nitrogens is 1. The average Bonchev–Trinajstić information content (AvgIpc) is 2.76. The number of rotatable bonds is 16. The summed E-state index contributed by atoms with van der Waals surface area (Å²) in [4.78, 5) is 18.3. The lowest BCUT2D eigenvalue weighted by Gasteiger charge is -2.08. The van der Waals surface area contributed by atoms with Gasteiger partial charge in [-0.3, -0.25) is 4.79 Å². The maximum Gasteiger partial charge on any atom is 0.165 e. The highest BCUT2D eigenvalue weighted by Gasteiger charge is 2.13. The fraction of sp³-hybridized carbons (Fsp3) is 0.520. The largest absolute Gasteiger partial charge is 0.330 e. The van der Waals surface area contributed by atoms with Crippen molar-refractivity contribution < 1.29 is 4.79 Å². The van der Waals surface area contributed by atoms with Crippen LogP contribution >= 0.6 is 11.8 Å². The third kappa shape index (κ3) is 9.88. The lowest BCUT2D eigenvalue weighted by Crippen LogP contribution is -2.19. The maximum absolute atomic E-state index is 12.7. The molecule has 0 spiro atoms. The molecule has 1 aromatic heterocycles. The van der Waals surface area contributed by atoms with Gasteiger partial charge in [0.05, 0.1) is 5.56 Å². The van der Waals surface area contributed by atoms with E-state index in [1.165, 1.54) is 37.7 Å². The summed E-state index contributed by atoms with van der Waals surface area (Å²) in [7, 11) is 0. The second-order valence-electron chi connectivity index (χ2n) is 7.81. The highest BCUT2D eigenvalue weighted by molar-refractivity contribution is 7.99. The van der Waals surface area contributed by atoms with E-state index in [0.29, 0.717) is 6.42 Å². The fourth-order valence-corrected chi connectivity index (χ4v) is 4.21. The lowest BCUT2D eigenvalue weighted by atomic mass is 10.0. The lowest BCUT2D eigenvalue weighted by molar-refractivity contribution is 0.0975. The van der Waals surface area contributed by atoms with Crippen LogP contribution in [0.2, 0.25) is 0 Å². The topological polar surface area (TPSA) is 68.0 Å². The number of nitrogens with zero attached hydrogens (tertiary/aromatic N) is 1. The molecule has 0 fully saturated rings. The predicted molar refractivity (Wildman–Crippen MR) is 127 cm³/mol. The van der Waals surface area contributed by atoms with Gasteiger partial charge in [-0.15, -0.1) is 0 Å². The van der Waals surface area contributed by atoms with Crippen molar-refractivity contribution in [3.05, 3.63) is 53.7 Å². The van der Waals surface area contributed by atoms with Crippen molar-refractivity contribution in [3.8, 4) is 0 Å². The first-order valence-electron chi connectivity index (χ1n) is 11.3. The normalized spacial score (nSPS) is 11.0. The Morgan fingerprint density at radius 2 is 1.60 bits per heavy atom. The molecule has 3 N–H and O–H groups in total. The van der Waals surface area contributed by atoms with Gasteiger partial charge in [0.2, 0.25) is 0 Å². The average molecular weight is 428 g/mol. The molecule has 1 heterocycles. The van der Waals surface area contributed by atoms with Gasteiger partial charge in [-0.2, -0.15) is 0 Å². The van der Waals surface area contributed by atoms with E-state index in [4.69, 9.17) is 5.73 Å². The van der Waals surface area contributed by atoms with Crippen molar-refractivity contribution in [3.63, 3.8) is 0 Å². The molecule has 0 atom stereocenters. The zero-order chi connectivity index (χ0) is 21.4. The third-order valence-electron chi connectivity index (χ3n) is 5.12. The number of Topliss-reactive ketones (excluding diaryl/α,β-unsaturated/α-hetero) is 1. The second kappa shape index (κ2) is 15.2. The fourth-order valence-electron chi connectivity index (χ4n) is 3.31. The van der Waals surface area contributed by atoms with Gasteiger partial charge in [0.25, 0.3) is 0 Å². The number of unbranched alkanes of at least 4 members (excludes halogenated alkanes) is 6. The Labute approximate surface area is 186 Å². The molecule has 1 aromatic carbocycles. The number of ketones is 1. The number of carbonyl (C=O) groups is 1. The van der Waals surface area contributed by atoms with Gasteiger partial charge in [-0.1, -0.05) is 61.6 Å². The molecule has 0 radical (unpaired) electrons. The molecule has 4 nitrogen and oxygen atoms in total. The number of aryl methyl sites for hydroxylation is 1. The van der Waals surface area contributed by atoms with Gasteiger partial charge >= 0.3 is 0 Å². The van der Waals surface area contributed by atoms with Crippen molar-refractivity contribution in [2.24, 2.45) is 5.73 Å². The van der Waals surface area contributed by atoms with Crippen LogP contribution in [0.1, 0.15) is 73.7 Å². The predicted octanol–water partition coefficient (Wildman–Crippen LogP) is 5.78. The van der Waals surface area contributed by atoms with Crippen molar-refractivity contribution in [2.45, 2.75) is 74.6 Å². The number of carbonyl (C=O) groups excluding carboxylic acids is 1. The summed E-state index contributed by atoms with van der Waals surface area (Å²) in [6.07, 6.45) is 11.8. The molecular formula is C25H37N3OS. The van der Waals surface area contributed by atoms with E-state index in [-0.39, 0.29) is 5.78 Å². The first-order valence-corrected chi connectivity index (χ1v) is 12.2. The minimum Gasteiger partial charge on any atom is -0.330 e. The van der Waals surface area contributed by atoms with Crippen LogP contribution in [0.3, 0.4) is 0 Å². The molecule has 0 aliphatic rings. The molecule has 30 heavy (non-hydrogen) atoms. The number of nitrogens with one attached hydrogen (secondary N) is 1. The van der Waals surface area contributed by atoms with Crippen molar-refractivity contribution in [1.29, 1.82) is 0 Å². The summed E-state index contributed by atoms with van der Waals surface area (Å²) in [6, 6.07) is 12.1. The van der Waals surface area contributed by atoms with Crippen LogP contribution in [-0.2, 0) is 0 Å². The number of hydrogen-bond acceptors (Lipinski definition) is 5. The Morgan fingerprint density at radius 3 is 2.33 bits per heavy atom. The Bertz CT molecular complexity index is 733. The highest BCUT2D eigenvalue weighted by atomic mass is 32.2. The minimum absolute atomic E-state index is 0.210. The van der Waals surface area contributed by atoms with E-state index < -0.39 is 0 Å². The number of nitrogens with two attached hydrogens (primary N) is 1. The van der Waals surface area contributed by atoms with Gasteiger partial charge < -0.3 is 11.1 Å². The molecule has 0 aliphatic carbocycles. The first-order chi connectivity index (χ1) is 14.7. The molecule has 0 aliphatic heterocycles. The van der Waals surface area contributed by atoms with E-state index in [9.17, 15) is 4.79 Å². The summed E-state index contributed by atoms with van der Waals surface area (Å²) in [5.41, 5.74) is 7.47. The van der Waals surface area contributed by atoms with E-state index in [2.05, 4.69) is 41.5 Å². The minimum atomic E-state index is 0.210. The molecule has 5 heteroatoms. The van der Waals surface area contributed by atoms with E-state index >= 15 is 0 Å². The summed E-state index contributed by atoms with van der Waals surface area (Å²) < 4.78 is 0. The van der Waals surface area contributed by atoms with Crippen LogP contribution in [0, 0.1) is 6.92 Å².